The van der Waals surface area contributed by atoms with E-state index in [0.717, 1.165) is 5.56 Å². The van der Waals surface area contributed by atoms with Crippen molar-refractivity contribution in [2.45, 2.75) is 32.6 Å². The molecule has 0 fully saturated rings. The maximum Gasteiger partial charge on any atom is 0.118 e. The number of para-hydroxylation sites is 1. The van der Waals surface area contributed by atoms with Crippen LogP contribution < -0.4 is 0 Å². The zero-order valence-corrected chi connectivity index (χ0v) is 10.9. The molecule has 0 amide bonds. The van der Waals surface area contributed by atoms with Crippen LogP contribution >= 0.6 is 0 Å². The van der Waals surface area contributed by atoms with E-state index < -0.39 is 0 Å². The summed E-state index contributed by atoms with van der Waals surface area (Å²) in [4.78, 5) is 0. The second-order valence-corrected chi connectivity index (χ2v) is 4.76. The standard InChI is InChI=1S/C10H12.C7H8O/c1-2-6-10-8-4-3-7-9(10)5-1;1-6-4-2-3-5-7(6)8/h1-2,5-6H,3-4,7-8H2;2-5,8H,1H3. The molecular weight excluding hydrogens is 220 g/mol. The smallest absolute Gasteiger partial charge is 0.118 e. The summed E-state index contributed by atoms with van der Waals surface area (Å²) in [6, 6.07) is 16.1. The van der Waals surface area contributed by atoms with Crippen molar-refractivity contribution < 1.29 is 5.11 Å². The molecule has 1 heteroatoms. The number of phenols is 1. The molecule has 18 heavy (non-hydrogen) atoms. The summed E-state index contributed by atoms with van der Waals surface area (Å²) >= 11 is 0. The van der Waals surface area contributed by atoms with Crippen LogP contribution in [0.2, 0.25) is 0 Å². The van der Waals surface area contributed by atoms with E-state index >= 15 is 0 Å². The van der Waals surface area contributed by atoms with Crippen LogP contribution in [-0.4, -0.2) is 5.11 Å². The molecule has 0 aromatic heterocycles. The summed E-state index contributed by atoms with van der Waals surface area (Å²) in [5.41, 5.74) is 4.08. The van der Waals surface area contributed by atoms with Gasteiger partial charge in [-0.25, -0.2) is 0 Å². The molecule has 0 saturated heterocycles. The minimum absolute atomic E-state index is 0.368. The van der Waals surface area contributed by atoms with Gasteiger partial charge in [0.25, 0.3) is 0 Å². The zero-order valence-electron chi connectivity index (χ0n) is 10.9. The second kappa shape index (κ2) is 6.25. The molecule has 1 aliphatic rings. The van der Waals surface area contributed by atoms with E-state index in [4.69, 9.17) is 5.11 Å². The van der Waals surface area contributed by atoms with E-state index in [9.17, 15) is 0 Å². The van der Waals surface area contributed by atoms with Crippen molar-refractivity contribution in [1.29, 1.82) is 0 Å². The Bertz CT molecular complexity index is 456. The Morgan fingerprint density at radius 3 is 1.72 bits per heavy atom. The van der Waals surface area contributed by atoms with E-state index in [1.807, 2.05) is 25.1 Å². The van der Waals surface area contributed by atoms with Crippen molar-refractivity contribution in [3.05, 3.63) is 65.2 Å². The van der Waals surface area contributed by atoms with Gasteiger partial charge in [0.1, 0.15) is 5.75 Å². The highest BCUT2D eigenvalue weighted by Gasteiger charge is 2.05. The molecule has 0 unspecified atom stereocenters. The quantitative estimate of drug-likeness (QED) is 0.729. The first kappa shape index (κ1) is 12.7. The Morgan fingerprint density at radius 1 is 0.778 bits per heavy atom. The Balaban J connectivity index is 0.000000138. The number of fused-ring (bicyclic) bond motifs is 1. The van der Waals surface area contributed by atoms with Crippen molar-refractivity contribution in [3.63, 3.8) is 0 Å². The molecule has 1 nitrogen and oxygen atoms in total. The van der Waals surface area contributed by atoms with Gasteiger partial charge in [-0.2, -0.15) is 0 Å². The lowest BCUT2D eigenvalue weighted by Crippen LogP contribution is -2.00. The van der Waals surface area contributed by atoms with Crippen LogP contribution in [0, 0.1) is 6.92 Å². The summed E-state index contributed by atoms with van der Waals surface area (Å²) in [5.74, 6) is 0.368. The van der Waals surface area contributed by atoms with Crippen LogP contribution in [0.5, 0.6) is 5.75 Å². The Morgan fingerprint density at radius 2 is 1.28 bits per heavy atom. The number of aryl methyl sites for hydroxylation is 3. The van der Waals surface area contributed by atoms with Gasteiger partial charge in [0.2, 0.25) is 0 Å². The number of aromatic hydroxyl groups is 1. The molecule has 0 spiro atoms. The third-order valence-electron chi connectivity index (χ3n) is 3.38. The van der Waals surface area contributed by atoms with Gasteiger partial charge >= 0.3 is 0 Å². The van der Waals surface area contributed by atoms with Gasteiger partial charge in [-0.05, 0) is 55.4 Å². The Kier molecular flexibility index (Phi) is 4.40. The highest BCUT2D eigenvalue weighted by molar-refractivity contribution is 5.30. The van der Waals surface area contributed by atoms with Crippen LogP contribution in [0.3, 0.4) is 0 Å². The molecule has 1 N–H and O–H groups in total. The van der Waals surface area contributed by atoms with Gasteiger partial charge < -0.3 is 5.11 Å². The maximum absolute atomic E-state index is 8.92. The number of rotatable bonds is 0. The van der Waals surface area contributed by atoms with Crippen LogP contribution in [0.15, 0.2) is 48.5 Å². The first-order chi connectivity index (χ1) is 8.77. The minimum atomic E-state index is 0.368. The number of benzene rings is 2. The predicted octanol–water partition coefficient (Wildman–Crippen LogP) is 4.27. The van der Waals surface area contributed by atoms with Gasteiger partial charge in [-0.3, -0.25) is 0 Å². The fraction of sp³-hybridized carbons (Fsp3) is 0.294. The lowest BCUT2D eigenvalue weighted by Gasteiger charge is -2.13. The molecule has 1 aliphatic carbocycles. The molecule has 2 aromatic carbocycles. The highest BCUT2D eigenvalue weighted by Crippen LogP contribution is 2.19. The summed E-state index contributed by atoms with van der Waals surface area (Å²) < 4.78 is 0. The molecule has 0 bridgehead atoms. The molecule has 2 aromatic rings. The monoisotopic (exact) mass is 240 g/mol. The molecule has 3 rings (SSSR count). The van der Waals surface area contributed by atoms with E-state index in [-0.39, 0.29) is 0 Å². The average molecular weight is 240 g/mol. The third kappa shape index (κ3) is 3.36. The minimum Gasteiger partial charge on any atom is -0.508 e. The molecule has 0 saturated carbocycles. The summed E-state index contributed by atoms with van der Waals surface area (Å²) in [6.07, 6.45) is 5.38. The van der Waals surface area contributed by atoms with Crippen LogP contribution in [-0.2, 0) is 12.8 Å². The number of hydrogen-bond donors (Lipinski definition) is 1. The fourth-order valence-corrected chi connectivity index (χ4v) is 2.24. The van der Waals surface area contributed by atoms with E-state index in [2.05, 4.69) is 24.3 Å². The lowest BCUT2D eigenvalue weighted by molar-refractivity contribution is 0.471. The Labute approximate surface area is 109 Å². The predicted molar refractivity (Wildman–Crippen MR) is 75.9 cm³/mol. The zero-order chi connectivity index (χ0) is 12.8. The SMILES string of the molecule is Cc1ccccc1O.c1ccc2c(c1)CCCC2. The van der Waals surface area contributed by atoms with Gasteiger partial charge in [-0.1, -0.05) is 42.5 Å². The molecular formula is C17H20O. The van der Waals surface area contributed by atoms with Crippen LogP contribution in [0.4, 0.5) is 0 Å². The largest absolute Gasteiger partial charge is 0.508 e. The van der Waals surface area contributed by atoms with Gasteiger partial charge in [0, 0.05) is 0 Å². The molecule has 0 heterocycles. The molecule has 0 atom stereocenters. The van der Waals surface area contributed by atoms with Crippen molar-refractivity contribution in [1.82, 2.24) is 0 Å². The van der Waals surface area contributed by atoms with Crippen molar-refractivity contribution in [2.24, 2.45) is 0 Å². The highest BCUT2D eigenvalue weighted by atomic mass is 16.3. The normalized spacial score (nSPS) is 13.2. The van der Waals surface area contributed by atoms with E-state index in [1.165, 1.54) is 25.7 Å². The van der Waals surface area contributed by atoms with E-state index in [1.54, 1.807) is 17.2 Å². The van der Waals surface area contributed by atoms with Crippen LogP contribution in [0.1, 0.15) is 29.5 Å². The first-order valence-electron chi connectivity index (χ1n) is 6.59. The topological polar surface area (TPSA) is 20.2 Å². The molecule has 94 valence electrons. The van der Waals surface area contributed by atoms with Crippen molar-refractivity contribution in [3.8, 4) is 5.75 Å². The van der Waals surface area contributed by atoms with Crippen LogP contribution in [0.25, 0.3) is 0 Å². The van der Waals surface area contributed by atoms with Gasteiger partial charge in [0.15, 0.2) is 0 Å². The van der Waals surface area contributed by atoms with E-state index in [0.29, 0.717) is 5.75 Å². The number of phenolic OH excluding ortho intramolecular Hbond substituents is 1. The van der Waals surface area contributed by atoms with Gasteiger partial charge in [0.05, 0.1) is 0 Å². The molecule has 0 aliphatic heterocycles. The summed E-state index contributed by atoms with van der Waals surface area (Å²) in [6.45, 7) is 1.87. The summed E-state index contributed by atoms with van der Waals surface area (Å²) in [7, 11) is 0. The van der Waals surface area contributed by atoms with Crippen molar-refractivity contribution >= 4 is 0 Å². The van der Waals surface area contributed by atoms with Gasteiger partial charge in [-0.15, -0.1) is 0 Å². The second-order valence-electron chi connectivity index (χ2n) is 4.76. The lowest BCUT2D eigenvalue weighted by atomic mass is 9.92. The third-order valence-corrected chi connectivity index (χ3v) is 3.38. The van der Waals surface area contributed by atoms with Crippen molar-refractivity contribution in [2.75, 3.05) is 0 Å². The first-order valence-corrected chi connectivity index (χ1v) is 6.59. The fourth-order valence-electron chi connectivity index (χ4n) is 2.24. The average Bonchev–Trinajstić information content (AvgIpc) is 2.43. The maximum atomic E-state index is 8.92. The Hall–Kier alpha value is -1.76. The summed E-state index contributed by atoms with van der Waals surface area (Å²) in [5, 5.41) is 8.92. The number of hydrogen-bond acceptors (Lipinski definition) is 1. The molecule has 0 radical (unpaired) electrons.